The molecule has 0 aromatic carbocycles. The second-order valence-electron chi connectivity index (χ2n) is 10.2. The molecule has 3 saturated carbocycles. The van der Waals surface area contributed by atoms with E-state index in [1.807, 2.05) is 13.8 Å². The van der Waals surface area contributed by atoms with Gasteiger partial charge in [-0.1, -0.05) is 27.7 Å². The first kappa shape index (κ1) is 19.8. The van der Waals surface area contributed by atoms with Crippen molar-refractivity contribution in [3.63, 3.8) is 0 Å². The molecule has 0 unspecified atom stereocenters. The van der Waals surface area contributed by atoms with Gasteiger partial charge in [0, 0.05) is 13.0 Å². The topological polar surface area (TPSA) is 99.5 Å². The van der Waals surface area contributed by atoms with Crippen LogP contribution < -0.4 is 0 Å². The average molecular weight is 382 g/mol. The molecule has 10 atom stereocenters. The lowest BCUT2D eigenvalue weighted by Crippen LogP contribution is -2.53. The summed E-state index contributed by atoms with van der Waals surface area (Å²) in [5.41, 5.74) is -2.33. The van der Waals surface area contributed by atoms with Gasteiger partial charge in [-0.3, -0.25) is 4.79 Å². The molecule has 1 aliphatic heterocycles. The van der Waals surface area contributed by atoms with Crippen LogP contribution in [-0.4, -0.2) is 64.3 Å². The molecule has 0 radical (unpaired) electrons. The van der Waals surface area contributed by atoms with Crippen LogP contribution in [0.25, 0.3) is 0 Å². The number of ketones is 1. The van der Waals surface area contributed by atoms with E-state index in [1.54, 1.807) is 7.11 Å². The van der Waals surface area contributed by atoms with E-state index in [4.69, 9.17) is 9.47 Å². The molecule has 3 N–H and O–H groups in total. The van der Waals surface area contributed by atoms with Crippen molar-refractivity contribution >= 4 is 5.78 Å². The highest BCUT2D eigenvalue weighted by molar-refractivity contribution is 5.90. The zero-order valence-corrected chi connectivity index (χ0v) is 17.0. The van der Waals surface area contributed by atoms with Gasteiger partial charge in [-0.15, -0.1) is 0 Å². The SMILES string of the molecule is CO[C@H]1[C@@H]2[C@H](CC[C@]3(CO)O[C@@H]3[C@H]3[C@@H](O)[C@@H](C)C[C@]3(O)C(=O)[C@@H]1C)C2(C)C. The summed E-state index contributed by atoms with van der Waals surface area (Å²) in [6.07, 6.45) is 0.214. The number of fused-ring (bicyclic) bond motifs is 4. The molecule has 6 heteroatoms. The third kappa shape index (κ3) is 2.53. The Bertz CT molecular complexity index is 634. The first-order chi connectivity index (χ1) is 12.5. The Kier molecular flexibility index (Phi) is 4.38. The Labute approximate surface area is 161 Å². The minimum atomic E-state index is -1.64. The maximum atomic E-state index is 13.5. The van der Waals surface area contributed by atoms with Crippen LogP contribution in [0.1, 0.15) is 47.0 Å². The van der Waals surface area contributed by atoms with Gasteiger partial charge in [0.2, 0.25) is 0 Å². The fourth-order valence-electron chi connectivity index (χ4n) is 6.70. The standard InChI is InChI=1S/C21H34O6/c1-10-8-21(25)14(15(10)23)18-20(9-22,27-18)7-6-12-13(19(12,3)4)16(26-5)11(2)17(21)24/h10-16,18,22-23,25H,6-9H2,1-5H3/t10-,11+,12-,13-,14+,15-,16+,18+,20+,21+/m0/s1. The van der Waals surface area contributed by atoms with Crippen LogP contribution in [0, 0.1) is 35.0 Å². The summed E-state index contributed by atoms with van der Waals surface area (Å²) < 4.78 is 11.7. The fourth-order valence-corrected chi connectivity index (χ4v) is 6.70. The molecule has 154 valence electrons. The zero-order valence-electron chi connectivity index (χ0n) is 17.0. The van der Waals surface area contributed by atoms with Crippen LogP contribution in [-0.2, 0) is 14.3 Å². The van der Waals surface area contributed by atoms with Crippen molar-refractivity contribution in [3.05, 3.63) is 0 Å². The molecule has 0 aromatic heterocycles. The number of carbonyl (C=O) groups is 1. The maximum absolute atomic E-state index is 13.5. The third-order valence-electron chi connectivity index (χ3n) is 8.53. The van der Waals surface area contributed by atoms with Gasteiger partial charge in [0.25, 0.3) is 0 Å². The molecular weight excluding hydrogens is 348 g/mol. The van der Waals surface area contributed by atoms with E-state index in [1.165, 1.54) is 0 Å². The van der Waals surface area contributed by atoms with Crippen molar-refractivity contribution in [1.29, 1.82) is 0 Å². The summed E-state index contributed by atoms with van der Waals surface area (Å²) in [7, 11) is 1.64. The first-order valence-electron chi connectivity index (χ1n) is 10.3. The number of rotatable bonds is 2. The second kappa shape index (κ2) is 5.99. The van der Waals surface area contributed by atoms with Crippen molar-refractivity contribution in [3.8, 4) is 0 Å². The summed E-state index contributed by atoms with van der Waals surface area (Å²) in [5.74, 6) is -0.996. The van der Waals surface area contributed by atoms with Gasteiger partial charge in [-0.05, 0) is 42.4 Å². The number of hydrogen-bond acceptors (Lipinski definition) is 6. The number of Topliss-reactive ketones (excluding diaryl/α,β-unsaturated/α-hetero) is 1. The number of methoxy groups -OCH3 is 1. The number of epoxide rings is 1. The van der Waals surface area contributed by atoms with Crippen LogP contribution in [0.4, 0.5) is 0 Å². The summed E-state index contributed by atoms with van der Waals surface area (Å²) >= 11 is 0. The van der Waals surface area contributed by atoms with E-state index in [0.717, 1.165) is 6.42 Å². The molecule has 6 nitrogen and oxygen atoms in total. The van der Waals surface area contributed by atoms with Gasteiger partial charge < -0.3 is 24.8 Å². The maximum Gasteiger partial charge on any atom is 0.170 e. The van der Waals surface area contributed by atoms with Crippen LogP contribution in [0.3, 0.4) is 0 Å². The van der Waals surface area contributed by atoms with Crippen molar-refractivity contribution < 1.29 is 29.6 Å². The molecule has 0 bridgehead atoms. The fraction of sp³-hybridized carbons (Fsp3) is 0.952. The van der Waals surface area contributed by atoms with Gasteiger partial charge in [0.05, 0.1) is 30.8 Å². The van der Waals surface area contributed by atoms with Crippen LogP contribution >= 0.6 is 0 Å². The Morgan fingerprint density at radius 1 is 1.26 bits per heavy atom. The molecule has 3 aliphatic carbocycles. The zero-order chi connectivity index (χ0) is 19.9. The largest absolute Gasteiger partial charge is 0.393 e. The highest BCUT2D eigenvalue weighted by Gasteiger charge is 2.72. The summed E-state index contributed by atoms with van der Waals surface area (Å²) in [6, 6.07) is 0. The molecule has 1 saturated heterocycles. The van der Waals surface area contributed by atoms with Crippen molar-refractivity contribution in [2.75, 3.05) is 13.7 Å². The molecule has 4 rings (SSSR count). The Hall–Kier alpha value is -0.530. The van der Waals surface area contributed by atoms with Gasteiger partial charge >= 0.3 is 0 Å². The van der Waals surface area contributed by atoms with E-state index >= 15 is 0 Å². The molecule has 0 amide bonds. The lowest BCUT2D eigenvalue weighted by molar-refractivity contribution is -0.153. The monoisotopic (exact) mass is 382 g/mol. The summed E-state index contributed by atoms with van der Waals surface area (Å²) in [5, 5.41) is 32.4. The van der Waals surface area contributed by atoms with E-state index in [0.29, 0.717) is 12.3 Å². The average Bonchev–Trinajstić information content (AvgIpc) is 3.43. The number of ether oxygens (including phenoxy) is 2. The van der Waals surface area contributed by atoms with Gasteiger partial charge in [-0.2, -0.15) is 0 Å². The van der Waals surface area contributed by atoms with Crippen LogP contribution in [0.15, 0.2) is 0 Å². The Morgan fingerprint density at radius 3 is 2.52 bits per heavy atom. The quantitative estimate of drug-likeness (QED) is 0.620. The van der Waals surface area contributed by atoms with Crippen LogP contribution in [0.2, 0.25) is 0 Å². The minimum Gasteiger partial charge on any atom is -0.393 e. The van der Waals surface area contributed by atoms with E-state index in [2.05, 4.69) is 13.8 Å². The highest BCUT2D eigenvalue weighted by Crippen LogP contribution is 2.66. The van der Waals surface area contributed by atoms with Crippen molar-refractivity contribution in [2.24, 2.45) is 35.0 Å². The normalized spacial score (nSPS) is 56.5. The number of aliphatic hydroxyl groups is 3. The molecule has 27 heavy (non-hydrogen) atoms. The lowest BCUT2D eigenvalue weighted by atomic mass is 9.74. The van der Waals surface area contributed by atoms with Crippen molar-refractivity contribution in [2.45, 2.75) is 76.5 Å². The third-order valence-corrected chi connectivity index (χ3v) is 8.53. The molecular formula is C21H34O6. The van der Waals surface area contributed by atoms with E-state index in [9.17, 15) is 20.1 Å². The molecule has 0 spiro atoms. The van der Waals surface area contributed by atoms with E-state index in [-0.39, 0.29) is 42.2 Å². The predicted molar refractivity (Wildman–Crippen MR) is 97.9 cm³/mol. The van der Waals surface area contributed by atoms with E-state index < -0.39 is 35.2 Å². The number of aliphatic hydroxyl groups excluding tert-OH is 2. The van der Waals surface area contributed by atoms with Gasteiger partial charge in [0.1, 0.15) is 11.2 Å². The number of carbonyl (C=O) groups excluding carboxylic acids is 1. The van der Waals surface area contributed by atoms with Gasteiger partial charge in [0.15, 0.2) is 5.78 Å². The summed E-state index contributed by atoms with van der Waals surface area (Å²) in [4.78, 5) is 13.5. The first-order valence-corrected chi connectivity index (χ1v) is 10.3. The van der Waals surface area contributed by atoms with Crippen molar-refractivity contribution in [1.82, 2.24) is 0 Å². The smallest absolute Gasteiger partial charge is 0.170 e. The van der Waals surface area contributed by atoms with Gasteiger partial charge in [-0.25, -0.2) is 0 Å². The Balaban J connectivity index is 1.76. The lowest BCUT2D eigenvalue weighted by Gasteiger charge is -2.34. The Morgan fingerprint density at radius 2 is 1.93 bits per heavy atom. The van der Waals surface area contributed by atoms with Crippen LogP contribution in [0.5, 0.6) is 0 Å². The molecule has 4 aliphatic rings. The number of hydrogen-bond donors (Lipinski definition) is 3. The highest BCUT2D eigenvalue weighted by atomic mass is 16.6. The second-order valence-corrected chi connectivity index (χ2v) is 10.2. The molecule has 1 heterocycles. The predicted octanol–water partition coefficient (Wildman–Crippen LogP) is 1.15. The molecule has 0 aromatic rings. The summed E-state index contributed by atoms with van der Waals surface area (Å²) in [6.45, 7) is 7.95. The minimum absolute atomic E-state index is 0.0555. The molecule has 4 fully saturated rings.